The maximum Gasteiger partial charge on any atom is 0.244 e. The topological polar surface area (TPSA) is 29.1 Å². The maximum absolute atomic E-state index is 12.7. The highest BCUT2D eigenvalue weighted by Gasteiger charge is 1.96. The van der Waals surface area contributed by atoms with E-state index in [9.17, 15) is 9.18 Å². The van der Waals surface area contributed by atoms with Crippen LogP contribution in [0.3, 0.4) is 0 Å². The van der Waals surface area contributed by atoms with Gasteiger partial charge in [-0.2, -0.15) is 0 Å². The number of rotatable bonds is 6. The monoisotopic (exact) mass is 301 g/mol. The molecule has 2 rings (SSSR count). The van der Waals surface area contributed by atoms with Gasteiger partial charge in [-0.1, -0.05) is 30.3 Å². The smallest absolute Gasteiger partial charge is 0.244 e. The molecular formula is C17H16FNOS. The van der Waals surface area contributed by atoms with E-state index < -0.39 is 0 Å². The number of carbonyl (C=O) groups excluding carboxylic acids is 1. The van der Waals surface area contributed by atoms with E-state index in [0.717, 1.165) is 11.3 Å². The Kier molecular flexibility index (Phi) is 6.03. The number of benzene rings is 2. The number of amides is 1. The van der Waals surface area contributed by atoms with Crippen molar-refractivity contribution in [3.63, 3.8) is 0 Å². The van der Waals surface area contributed by atoms with Crippen LogP contribution in [0.1, 0.15) is 5.56 Å². The number of thioether (sulfide) groups is 1. The first-order chi connectivity index (χ1) is 10.2. The van der Waals surface area contributed by atoms with Crippen molar-refractivity contribution >= 4 is 23.7 Å². The largest absolute Gasteiger partial charge is 0.352 e. The molecule has 0 aliphatic carbocycles. The van der Waals surface area contributed by atoms with Crippen LogP contribution in [0.15, 0.2) is 65.6 Å². The van der Waals surface area contributed by atoms with Crippen LogP contribution in [0.4, 0.5) is 4.39 Å². The molecule has 2 aromatic rings. The Hall–Kier alpha value is -2.07. The van der Waals surface area contributed by atoms with Gasteiger partial charge < -0.3 is 5.32 Å². The zero-order chi connectivity index (χ0) is 14.9. The van der Waals surface area contributed by atoms with Crippen LogP contribution in [-0.4, -0.2) is 18.2 Å². The van der Waals surface area contributed by atoms with E-state index in [1.165, 1.54) is 23.1 Å². The fourth-order valence-corrected chi connectivity index (χ4v) is 2.45. The third-order valence-electron chi connectivity index (χ3n) is 2.71. The molecule has 0 heterocycles. The minimum Gasteiger partial charge on any atom is -0.352 e. The van der Waals surface area contributed by atoms with Crippen LogP contribution in [-0.2, 0) is 4.79 Å². The quantitative estimate of drug-likeness (QED) is 0.500. The van der Waals surface area contributed by atoms with Gasteiger partial charge in [0.2, 0.25) is 5.91 Å². The van der Waals surface area contributed by atoms with Gasteiger partial charge >= 0.3 is 0 Å². The molecule has 0 saturated heterocycles. The highest BCUT2D eigenvalue weighted by molar-refractivity contribution is 7.99. The van der Waals surface area contributed by atoms with E-state index in [1.54, 1.807) is 30.0 Å². The van der Waals surface area contributed by atoms with E-state index in [-0.39, 0.29) is 11.7 Å². The Balaban J connectivity index is 1.69. The van der Waals surface area contributed by atoms with Crippen LogP contribution in [0.25, 0.3) is 6.08 Å². The average molecular weight is 301 g/mol. The summed E-state index contributed by atoms with van der Waals surface area (Å²) in [7, 11) is 0. The third-order valence-corrected chi connectivity index (χ3v) is 3.72. The molecule has 0 aromatic heterocycles. The second-order valence-electron chi connectivity index (χ2n) is 4.34. The summed E-state index contributed by atoms with van der Waals surface area (Å²) in [6, 6.07) is 16.0. The fraction of sp³-hybridized carbons (Fsp3) is 0.118. The van der Waals surface area contributed by atoms with Gasteiger partial charge in [0, 0.05) is 23.3 Å². The van der Waals surface area contributed by atoms with Crippen molar-refractivity contribution in [2.45, 2.75) is 4.90 Å². The van der Waals surface area contributed by atoms with Crippen molar-refractivity contribution in [3.8, 4) is 0 Å². The lowest BCUT2D eigenvalue weighted by atomic mass is 10.2. The van der Waals surface area contributed by atoms with Crippen molar-refractivity contribution < 1.29 is 9.18 Å². The van der Waals surface area contributed by atoms with Crippen molar-refractivity contribution in [2.24, 2.45) is 0 Å². The van der Waals surface area contributed by atoms with E-state index in [1.807, 2.05) is 30.3 Å². The summed E-state index contributed by atoms with van der Waals surface area (Å²) in [6.45, 7) is 0.603. The average Bonchev–Trinajstić information content (AvgIpc) is 2.52. The standard InChI is InChI=1S/C17H16FNOS/c18-15-9-6-14(7-10-15)8-11-17(20)19-12-13-21-16-4-2-1-3-5-16/h1-11H,12-13H2,(H,19,20)/b11-8+. The highest BCUT2D eigenvalue weighted by atomic mass is 32.2. The summed E-state index contributed by atoms with van der Waals surface area (Å²) in [6.07, 6.45) is 3.12. The number of nitrogens with one attached hydrogen (secondary N) is 1. The van der Waals surface area contributed by atoms with Gasteiger partial charge in [-0.15, -0.1) is 11.8 Å². The zero-order valence-electron chi connectivity index (χ0n) is 11.5. The summed E-state index contributed by atoms with van der Waals surface area (Å²) in [5.74, 6) is 0.391. The van der Waals surface area contributed by atoms with Crippen molar-refractivity contribution in [3.05, 3.63) is 72.1 Å². The molecule has 21 heavy (non-hydrogen) atoms. The Morgan fingerprint density at radius 1 is 1.10 bits per heavy atom. The van der Waals surface area contributed by atoms with Crippen molar-refractivity contribution in [1.29, 1.82) is 0 Å². The Morgan fingerprint density at radius 2 is 1.81 bits per heavy atom. The molecule has 1 amide bonds. The summed E-state index contributed by atoms with van der Waals surface area (Å²) in [4.78, 5) is 12.8. The van der Waals surface area contributed by atoms with Crippen LogP contribution >= 0.6 is 11.8 Å². The van der Waals surface area contributed by atoms with Crippen LogP contribution in [0.5, 0.6) is 0 Å². The Labute approximate surface area is 128 Å². The molecule has 0 unspecified atom stereocenters. The van der Waals surface area contributed by atoms with Gasteiger partial charge in [0.1, 0.15) is 5.82 Å². The van der Waals surface area contributed by atoms with Gasteiger partial charge in [-0.25, -0.2) is 4.39 Å². The lowest BCUT2D eigenvalue weighted by Crippen LogP contribution is -2.23. The Bertz CT molecular complexity index is 596. The van der Waals surface area contributed by atoms with Gasteiger partial charge in [0.05, 0.1) is 0 Å². The number of halogens is 1. The van der Waals surface area contributed by atoms with E-state index in [0.29, 0.717) is 6.54 Å². The summed E-state index contributed by atoms with van der Waals surface area (Å²) >= 11 is 1.70. The fourth-order valence-electron chi connectivity index (χ4n) is 1.66. The predicted molar refractivity (Wildman–Crippen MR) is 85.6 cm³/mol. The first kappa shape index (κ1) is 15.3. The minimum atomic E-state index is -0.283. The number of hydrogen-bond donors (Lipinski definition) is 1. The maximum atomic E-state index is 12.7. The molecule has 4 heteroatoms. The van der Waals surface area contributed by atoms with E-state index >= 15 is 0 Å². The lowest BCUT2D eigenvalue weighted by Gasteiger charge is -2.02. The molecular weight excluding hydrogens is 285 g/mol. The van der Waals surface area contributed by atoms with E-state index in [4.69, 9.17) is 0 Å². The van der Waals surface area contributed by atoms with Gasteiger partial charge in [-0.05, 0) is 35.9 Å². The SMILES string of the molecule is O=C(/C=C/c1ccc(F)cc1)NCCSc1ccccc1. The second-order valence-corrected chi connectivity index (χ2v) is 5.51. The molecule has 0 spiro atoms. The van der Waals surface area contributed by atoms with Gasteiger partial charge in [0.15, 0.2) is 0 Å². The molecule has 0 atom stereocenters. The molecule has 2 nitrogen and oxygen atoms in total. The molecule has 0 aliphatic heterocycles. The molecule has 0 aliphatic rings. The Morgan fingerprint density at radius 3 is 2.52 bits per heavy atom. The summed E-state index contributed by atoms with van der Waals surface area (Å²) < 4.78 is 12.7. The normalized spacial score (nSPS) is 10.7. The van der Waals surface area contributed by atoms with Crippen molar-refractivity contribution in [1.82, 2.24) is 5.32 Å². The first-order valence-electron chi connectivity index (χ1n) is 6.63. The third kappa shape index (κ3) is 5.83. The second kappa shape index (κ2) is 8.27. The molecule has 0 saturated carbocycles. The summed E-state index contributed by atoms with van der Waals surface area (Å²) in [5, 5.41) is 2.81. The molecule has 0 bridgehead atoms. The first-order valence-corrected chi connectivity index (χ1v) is 7.62. The number of carbonyl (C=O) groups is 1. The molecule has 108 valence electrons. The predicted octanol–water partition coefficient (Wildman–Crippen LogP) is 3.75. The molecule has 1 N–H and O–H groups in total. The highest BCUT2D eigenvalue weighted by Crippen LogP contribution is 2.15. The molecule has 2 aromatic carbocycles. The van der Waals surface area contributed by atoms with Gasteiger partial charge in [0.25, 0.3) is 0 Å². The number of hydrogen-bond acceptors (Lipinski definition) is 2. The molecule has 0 fully saturated rings. The van der Waals surface area contributed by atoms with Crippen LogP contribution in [0.2, 0.25) is 0 Å². The zero-order valence-corrected chi connectivity index (χ0v) is 12.3. The lowest BCUT2D eigenvalue weighted by molar-refractivity contribution is -0.116. The minimum absolute atomic E-state index is 0.145. The van der Waals surface area contributed by atoms with E-state index in [2.05, 4.69) is 5.32 Å². The van der Waals surface area contributed by atoms with Crippen LogP contribution < -0.4 is 5.32 Å². The van der Waals surface area contributed by atoms with Crippen molar-refractivity contribution in [2.75, 3.05) is 12.3 Å². The van der Waals surface area contributed by atoms with Crippen LogP contribution in [0, 0.1) is 5.82 Å². The van der Waals surface area contributed by atoms with Gasteiger partial charge in [-0.3, -0.25) is 4.79 Å². The summed E-state index contributed by atoms with van der Waals surface area (Å²) in [5.41, 5.74) is 0.796. The molecule has 0 radical (unpaired) electrons.